The summed E-state index contributed by atoms with van der Waals surface area (Å²) in [7, 11) is 0. The molecule has 3 rings (SSSR count). The number of carbonyl (C=O) groups is 2. The lowest BCUT2D eigenvalue weighted by molar-refractivity contribution is -0.147. The van der Waals surface area contributed by atoms with Gasteiger partial charge in [0, 0.05) is 11.1 Å². The van der Waals surface area contributed by atoms with E-state index in [0.29, 0.717) is 17.1 Å². The molecule has 1 amide bonds. The normalized spacial score (nSPS) is 11.7. The molecule has 0 spiro atoms. The smallest absolute Gasteiger partial charge is 0.313 e. The monoisotopic (exact) mass is 408 g/mol. The zero-order valence-electron chi connectivity index (χ0n) is 16.6. The van der Waals surface area contributed by atoms with Crippen LogP contribution in [0.25, 0.3) is 0 Å². The van der Waals surface area contributed by atoms with E-state index in [4.69, 9.17) is 4.74 Å². The molecule has 0 saturated carbocycles. The molecule has 1 atom stereocenters. The first kappa shape index (κ1) is 20.7. The number of esters is 1. The third kappa shape index (κ3) is 5.99. The molecular weight excluding hydrogens is 384 g/mol. The zero-order chi connectivity index (χ0) is 20.6. The molecule has 2 aromatic carbocycles. The molecule has 1 aromatic heterocycles. The third-order valence-electron chi connectivity index (χ3n) is 4.50. The second-order valence-electron chi connectivity index (χ2n) is 6.80. The largest absolute Gasteiger partial charge is 0.459 e. The molecule has 0 bridgehead atoms. The summed E-state index contributed by atoms with van der Waals surface area (Å²) in [5.74, 6) is -0.665. The number of rotatable bonds is 8. The predicted octanol–water partition coefficient (Wildman–Crippen LogP) is 4.87. The lowest BCUT2D eigenvalue weighted by Crippen LogP contribution is -2.16. The Kier molecular flexibility index (Phi) is 7.14. The number of nitrogens with one attached hydrogen (secondary N) is 1. The Morgan fingerprint density at radius 2 is 1.83 bits per heavy atom. The minimum atomic E-state index is -0.283. The molecule has 1 N–H and O–H groups in total. The molecule has 0 aliphatic rings. The van der Waals surface area contributed by atoms with Crippen molar-refractivity contribution in [3.8, 4) is 0 Å². The maximum Gasteiger partial charge on any atom is 0.313 e. The summed E-state index contributed by atoms with van der Waals surface area (Å²) < 4.78 is 5.47. The fourth-order valence-corrected chi connectivity index (χ4v) is 3.72. The first-order chi connectivity index (χ1) is 14.0. The Bertz CT molecular complexity index is 952. The summed E-state index contributed by atoms with van der Waals surface area (Å²) >= 11 is 1.39. The minimum Gasteiger partial charge on any atom is -0.459 e. The lowest BCUT2D eigenvalue weighted by Gasteiger charge is -2.13. The molecule has 1 heterocycles. The van der Waals surface area contributed by atoms with Gasteiger partial charge in [0.2, 0.25) is 5.91 Å². The molecule has 0 unspecified atom stereocenters. The highest BCUT2D eigenvalue weighted by Gasteiger charge is 2.20. The SMILES string of the molecule is CC[C@@H](C(=O)OCc1csc(CC(=O)Nc2ccc(C)cc2)n1)c1ccccc1. The van der Waals surface area contributed by atoms with Crippen molar-refractivity contribution in [1.29, 1.82) is 0 Å². The van der Waals surface area contributed by atoms with Crippen molar-refractivity contribution in [3.63, 3.8) is 0 Å². The minimum absolute atomic E-state index is 0.109. The molecule has 6 heteroatoms. The number of hydrogen-bond donors (Lipinski definition) is 1. The van der Waals surface area contributed by atoms with E-state index in [9.17, 15) is 9.59 Å². The van der Waals surface area contributed by atoms with Crippen LogP contribution < -0.4 is 5.32 Å². The van der Waals surface area contributed by atoms with Crippen LogP contribution in [0.1, 0.15) is 41.1 Å². The van der Waals surface area contributed by atoms with Crippen LogP contribution in [0, 0.1) is 6.92 Å². The Hall–Kier alpha value is -2.99. The van der Waals surface area contributed by atoms with E-state index in [-0.39, 0.29) is 30.8 Å². The summed E-state index contributed by atoms with van der Waals surface area (Å²) in [5.41, 5.74) is 3.51. The van der Waals surface area contributed by atoms with Crippen molar-refractivity contribution < 1.29 is 14.3 Å². The summed E-state index contributed by atoms with van der Waals surface area (Å²) in [4.78, 5) is 29.1. The van der Waals surface area contributed by atoms with Gasteiger partial charge in [-0.1, -0.05) is 55.0 Å². The van der Waals surface area contributed by atoms with Gasteiger partial charge in [0.15, 0.2) is 0 Å². The molecule has 0 aliphatic carbocycles. The van der Waals surface area contributed by atoms with E-state index < -0.39 is 0 Å². The van der Waals surface area contributed by atoms with Crippen LogP contribution in [0.4, 0.5) is 5.69 Å². The van der Waals surface area contributed by atoms with E-state index in [1.165, 1.54) is 11.3 Å². The van der Waals surface area contributed by atoms with Gasteiger partial charge in [-0.25, -0.2) is 4.98 Å². The highest BCUT2D eigenvalue weighted by molar-refractivity contribution is 7.09. The molecular formula is C23H24N2O3S. The van der Waals surface area contributed by atoms with Gasteiger partial charge >= 0.3 is 5.97 Å². The zero-order valence-corrected chi connectivity index (χ0v) is 17.4. The first-order valence-corrected chi connectivity index (χ1v) is 10.4. The molecule has 0 radical (unpaired) electrons. The fourth-order valence-electron chi connectivity index (χ4n) is 2.95. The van der Waals surface area contributed by atoms with Crippen LogP contribution in [0.2, 0.25) is 0 Å². The van der Waals surface area contributed by atoms with E-state index in [0.717, 1.165) is 16.8 Å². The van der Waals surface area contributed by atoms with Crippen molar-refractivity contribution in [2.45, 2.75) is 39.2 Å². The first-order valence-electron chi connectivity index (χ1n) is 9.56. The Labute approximate surface area is 174 Å². The molecule has 0 fully saturated rings. The number of anilines is 1. The number of amides is 1. The quantitative estimate of drug-likeness (QED) is 0.540. The maximum atomic E-state index is 12.4. The van der Waals surface area contributed by atoms with Crippen LogP contribution in [0.15, 0.2) is 60.0 Å². The van der Waals surface area contributed by atoms with Gasteiger partial charge in [-0.3, -0.25) is 9.59 Å². The van der Waals surface area contributed by atoms with Crippen LogP contribution in [-0.2, 0) is 27.4 Å². The van der Waals surface area contributed by atoms with Crippen molar-refractivity contribution >= 4 is 28.9 Å². The van der Waals surface area contributed by atoms with Gasteiger partial charge in [0.05, 0.1) is 18.0 Å². The van der Waals surface area contributed by atoms with Gasteiger partial charge in [-0.05, 0) is 31.0 Å². The maximum absolute atomic E-state index is 12.4. The second-order valence-corrected chi connectivity index (χ2v) is 7.75. The predicted molar refractivity (Wildman–Crippen MR) is 115 cm³/mol. The number of thiazole rings is 1. The van der Waals surface area contributed by atoms with Crippen LogP contribution in [-0.4, -0.2) is 16.9 Å². The Morgan fingerprint density at radius 3 is 2.52 bits per heavy atom. The van der Waals surface area contributed by atoms with E-state index >= 15 is 0 Å². The molecule has 3 aromatic rings. The summed E-state index contributed by atoms with van der Waals surface area (Å²) in [6.07, 6.45) is 0.860. The van der Waals surface area contributed by atoms with Gasteiger partial charge in [-0.15, -0.1) is 11.3 Å². The van der Waals surface area contributed by atoms with E-state index in [1.54, 1.807) is 0 Å². The van der Waals surface area contributed by atoms with Gasteiger partial charge in [0.1, 0.15) is 11.6 Å². The van der Waals surface area contributed by atoms with Crippen molar-refractivity contribution in [2.24, 2.45) is 0 Å². The molecule has 0 aliphatic heterocycles. The Balaban J connectivity index is 1.51. The number of carbonyl (C=O) groups excluding carboxylic acids is 2. The average molecular weight is 409 g/mol. The number of aryl methyl sites for hydroxylation is 1. The number of aromatic nitrogens is 1. The van der Waals surface area contributed by atoms with Crippen LogP contribution >= 0.6 is 11.3 Å². The molecule has 150 valence electrons. The molecule has 0 saturated heterocycles. The van der Waals surface area contributed by atoms with Crippen molar-refractivity contribution in [2.75, 3.05) is 5.32 Å². The molecule has 5 nitrogen and oxygen atoms in total. The van der Waals surface area contributed by atoms with Crippen LogP contribution in [0.5, 0.6) is 0 Å². The summed E-state index contributed by atoms with van der Waals surface area (Å²) in [5, 5.41) is 5.38. The van der Waals surface area contributed by atoms with Gasteiger partial charge in [0.25, 0.3) is 0 Å². The van der Waals surface area contributed by atoms with Crippen LogP contribution in [0.3, 0.4) is 0 Å². The lowest BCUT2D eigenvalue weighted by atomic mass is 9.97. The third-order valence-corrected chi connectivity index (χ3v) is 5.40. The highest BCUT2D eigenvalue weighted by atomic mass is 32.1. The van der Waals surface area contributed by atoms with Crippen molar-refractivity contribution in [3.05, 3.63) is 81.8 Å². The highest BCUT2D eigenvalue weighted by Crippen LogP contribution is 2.22. The second kappa shape index (κ2) is 9.98. The number of ether oxygens (including phenoxy) is 1. The summed E-state index contributed by atoms with van der Waals surface area (Å²) in [6.45, 7) is 4.07. The van der Waals surface area contributed by atoms with Crippen molar-refractivity contribution in [1.82, 2.24) is 4.98 Å². The van der Waals surface area contributed by atoms with Gasteiger partial charge in [-0.2, -0.15) is 0 Å². The number of hydrogen-bond acceptors (Lipinski definition) is 5. The average Bonchev–Trinajstić information content (AvgIpc) is 3.17. The fraction of sp³-hybridized carbons (Fsp3) is 0.261. The van der Waals surface area contributed by atoms with E-state index in [1.807, 2.05) is 73.8 Å². The summed E-state index contributed by atoms with van der Waals surface area (Å²) in [6, 6.07) is 17.3. The molecule has 29 heavy (non-hydrogen) atoms. The topological polar surface area (TPSA) is 68.3 Å². The number of benzene rings is 2. The van der Waals surface area contributed by atoms with Gasteiger partial charge < -0.3 is 10.1 Å². The standard InChI is InChI=1S/C23H24N2O3S/c1-3-20(17-7-5-4-6-8-17)23(27)28-14-19-15-29-22(25-19)13-21(26)24-18-11-9-16(2)10-12-18/h4-12,15,20H,3,13-14H2,1-2H3,(H,24,26)/t20-/m1/s1. The Morgan fingerprint density at radius 1 is 1.10 bits per heavy atom. The number of nitrogens with zero attached hydrogens (tertiary/aromatic N) is 1. The van der Waals surface area contributed by atoms with E-state index in [2.05, 4.69) is 10.3 Å².